The van der Waals surface area contributed by atoms with Crippen LogP contribution >= 0.6 is 0 Å². The van der Waals surface area contributed by atoms with Gasteiger partial charge in [-0.05, 0) is 46.6 Å². The van der Waals surface area contributed by atoms with E-state index in [1.54, 1.807) is 0 Å². The van der Waals surface area contributed by atoms with E-state index in [-0.39, 0.29) is 11.4 Å². The number of hydrogen-bond acceptors (Lipinski definition) is 5. The molecule has 1 fully saturated rings. The summed E-state index contributed by atoms with van der Waals surface area (Å²) in [5.74, 6) is 0.991. The first-order valence-corrected chi connectivity index (χ1v) is 6.72. The lowest BCUT2D eigenvalue weighted by atomic mass is 9.91. The molecule has 6 nitrogen and oxygen atoms in total. The summed E-state index contributed by atoms with van der Waals surface area (Å²) in [6.45, 7) is 8.24. The Bertz CT molecular complexity index is 461. The van der Waals surface area contributed by atoms with Crippen LogP contribution in [0.25, 0.3) is 0 Å². The summed E-state index contributed by atoms with van der Waals surface area (Å²) < 4.78 is 5.40. The van der Waals surface area contributed by atoms with Crippen LogP contribution in [-0.2, 0) is 15.9 Å². The van der Waals surface area contributed by atoms with Crippen molar-refractivity contribution in [1.82, 2.24) is 20.8 Å². The molecule has 6 heteroatoms. The van der Waals surface area contributed by atoms with Crippen LogP contribution < -0.4 is 10.6 Å². The Morgan fingerprint density at radius 1 is 1.47 bits per heavy atom. The minimum atomic E-state index is -0.626. The standard InChI is InChI=1S/C13H22N4O2/c1-9(18)16-12(2,3)10-15-11(19-17-10)13(4)7-5-6-8-14-13/h14H,5-8H2,1-4H3,(H,16,18). The normalized spacial score (nSPS) is 24.2. The van der Waals surface area contributed by atoms with E-state index in [4.69, 9.17) is 4.52 Å². The van der Waals surface area contributed by atoms with E-state index >= 15 is 0 Å². The minimum absolute atomic E-state index is 0.113. The van der Waals surface area contributed by atoms with Crippen molar-refractivity contribution in [1.29, 1.82) is 0 Å². The zero-order valence-electron chi connectivity index (χ0n) is 12.0. The van der Waals surface area contributed by atoms with E-state index in [2.05, 4.69) is 27.7 Å². The largest absolute Gasteiger partial charge is 0.344 e. The third-order valence-corrected chi connectivity index (χ3v) is 3.56. The molecule has 1 aliphatic heterocycles. The topological polar surface area (TPSA) is 80.0 Å². The van der Waals surface area contributed by atoms with Gasteiger partial charge in [0.05, 0.1) is 11.1 Å². The van der Waals surface area contributed by atoms with Crippen molar-refractivity contribution in [2.75, 3.05) is 6.54 Å². The van der Waals surface area contributed by atoms with E-state index in [1.807, 2.05) is 13.8 Å². The Hall–Kier alpha value is -1.43. The lowest BCUT2D eigenvalue weighted by Crippen LogP contribution is -2.44. The number of amides is 1. The number of nitrogens with zero attached hydrogens (tertiary/aromatic N) is 2. The Morgan fingerprint density at radius 2 is 2.21 bits per heavy atom. The predicted octanol–water partition coefficient (Wildman–Crippen LogP) is 1.43. The van der Waals surface area contributed by atoms with Crippen molar-refractivity contribution in [3.8, 4) is 0 Å². The Morgan fingerprint density at radius 3 is 2.79 bits per heavy atom. The van der Waals surface area contributed by atoms with Gasteiger partial charge in [-0.25, -0.2) is 0 Å². The third-order valence-electron chi connectivity index (χ3n) is 3.56. The number of piperidine rings is 1. The van der Waals surface area contributed by atoms with Gasteiger partial charge in [0.15, 0.2) is 5.82 Å². The van der Waals surface area contributed by atoms with Crippen molar-refractivity contribution in [3.05, 3.63) is 11.7 Å². The molecule has 106 valence electrons. The second kappa shape index (κ2) is 4.92. The fourth-order valence-corrected chi connectivity index (χ4v) is 2.44. The van der Waals surface area contributed by atoms with Crippen LogP contribution in [0.3, 0.4) is 0 Å². The molecule has 2 rings (SSSR count). The molecular weight excluding hydrogens is 244 g/mol. The molecule has 1 unspecified atom stereocenters. The molecule has 0 aromatic carbocycles. The minimum Gasteiger partial charge on any atom is -0.344 e. The fourth-order valence-electron chi connectivity index (χ4n) is 2.44. The number of carbonyl (C=O) groups excluding carboxylic acids is 1. The number of carbonyl (C=O) groups is 1. The van der Waals surface area contributed by atoms with Crippen molar-refractivity contribution in [2.45, 2.75) is 58.0 Å². The average Bonchev–Trinajstić information content (AvgIpc) is 2.78. The maximum Gasteiger partial charge on any atom is 0.246 e. The predicted molar refractivity (Wildman–Crippen MR) is 70.3 cm³/mol. The molecule has 0 spiro atoms. The fraction of sp³-hybridized carbons (Fsp3) is 0.769. The molecule has 0 aliphatic carbocycles. The zero-order valence-corrected chi connectivity index (χ0v) is 12.0. The molecule has 1 amide bonds. The van der Waals surface area contributed by atoms with Crippen molar-refractivity contribution in [3.63, 3.8) is 0 Å². The van der Waals surface area contributed by atoms with Gasteiger partial charge < -0.3 is 15.2 Å². The monoisotopic (exact) mass is 266 g/mol. The number of nitrogens with one attached hydrogen (secondary N) is 2. The third kappa shape index (κ3) is 2.94. The van der Waals surface area contributed by atoms with Crippen LogP contribution in [0.4, 0.5) is 0 Å². The lowest BCUT2D eigenvalue weighted by molar-refractivity contribution is -0.120. The smallest absolute Gasteiger partial charge is 0.246 e. The van der Waals surface area contributed by atoms with Gasteiger partial charge >= 0.3 is 0 Å². The Kier molecular flexibility index (Phi) is 3.62. The van der Waals surface area contributed by atoms with Crippen LogP contribution in [0.2, 0.25) is 0 Å². The van der Waals surface area contributed by atoms with Gasteiger partial charge in [-0.1, -0.05) is 5.16 Å². The molecule has 0 saturated carbocycles. The molecule has 1 atom stereocenters. The van der Waals surface area contributed by atoms with Crippen molar-refractivity contribution >= 4 is 5.91 Å². The quantitative estimate of drug-likeness (QED) is 0.865. The first-order valence-electron chi connectivity index (χ1n) is 6.72. The van der Waals surface area contributed by atoms with Crippen LogP contribution in [0.15, 0.2) is 4.52 Å². The van der Waals surface area contributed by atoms with E-state index in [1.165, 1.54) is 13.3 Å². The molecule has 1 aromatic rings. The first kappa shape index (κ1) is 14.0. The zero-order chi connectivity index (χ0) is 14.1. The molecule has 1 saturated heterocycles. The summed E-state index contributed by atoms with van der Waals surface area (Å²) in [6, 6.07) is 0. The summed E-state index contributed by atoms with van der Waals surface area (Å²) in [7, 11) is 0. The second-order valence-corrected chi connectivity index (χ2v) is 5.95. The average molecular weight is 266 g/mol. The molecule has 2 heterocycles. The highest BCUT2D eigenvalue weighted by molar-refractivity contribution is 5.73. The molecule has 1 aromatic heterocycles. The summed E-state index contributed by atoms with van der Waals surface area (Å²) in [4.78, 5) is 15.7. The van der Waals surface area contributed by atoms with Gasteiger partial charge in [-0.15, -0.1) is 0 Å². The van der Waals surface area contributed by atoms with Gasteiger partial charge in [0, 0.05) is 6.92 Å². The highest BCUT2D eigenvalue weighted by Gasteiger charge is 2.36. The van der Waals surface area contributed by atoms with Crippen LogP contribution in [0.5, 0.6) is 0 Å². The molecule has 0 bridgehead atoms. The Balaban J connectivity index is 2.20. The maximum absolute atomic E-state index is 11.2. The van der Waals surface area contributed by atoms with E-state index < -0.39 is 5.54 Å². The van der Waals surface area contributed by atoms with E-state index in [0.29, 0.717) is 11.7 Å². The van der Waals surface area contributed by atoms with Gasteiger partial charge in [-0.2, -0.15) is 4.98 Å². The van der Waals surface area contributed by atoms with Crippen LogP contribution in [-0.4, -0.2) is 22.6 Å². The van der Waals surface area contributed by atoms with E-state index in [0.717, 1.165) is 19.4 Å². The summed E-state index contributed by atoms with van der Waals surface area (Å²) in [6.07, 6.45) is 3.31. The van der Waals surface area contributed by atoms with Gasteiger partial charge in [0.1, 0.15) is 0 Å². The number of aromatic nitrogens is 2. The molecule has 19 heavy (non-hydrogen) atoms. The van der Waals surface area contributed by atoms with Gasteiger partial charge in [0.25, 0.3) is 0 Å². The molecule has 1 aliphatic rings. The molecule has 0 radical (unpaired) electrons. The number of rotatable bonds is 3. The van der Waals surface area contributed by atoms with Crippen LogP contribution in [0.1, 0.15) is 58.7 Å². The summed E-state index contributed by atoms with van der Waals surface area (Å²) in [5, 5.41) is 10.3. The Labute approximate surface area is 113 Å². The first-order chi connectivity index (χ1) is 8.83. The van der Waals surface area contributed by atoms with Gasteiger partial charge in [0.2, 0.25) is 11.8 Å². The summed E-state index contributed by atoms with van der Waals surface area (Å²) in [5.41, 5.74) is -0.881. The van der Waals surface area contributed by atoms with Crippen LogP contribution in [0, 0.1) is 0 Å². The van der Waals surface area contributed by atoms with Crippen molar-refractivity contribution < 1.29 is 9.32 Å². The highest BCUT2D eigenvalue weighted by atomic mass is 16.5. The molecule has 2 N–H and O–H groups in total. The lowest BCUT2D eigenvalue weighted by Gasteiger charge is -2.31. The second-order valence-electron chi connectivity index (χ2n) is 5.95. The summed E-state index contributed by atoms with van der Waals surface area (Å²) >= 11 is 0. The molecular formula is C13H22N4O2. The maximum atomic E-state index is 11.2. The van der Waals surface area contributed by atoms with E-state index in [9.17, 15) is 4.79 Å². The van der Waals surface area contributed by atoms with Gasteiger partial charge in [-0.3, -0.25) is 4.79 Å². The number of hydrogen-bond donors (Lipinski definition) is 2. The SMILES string of the molecule is CC(=O)NC(C)(C)c1noc(C2(C)CCCCN2)n1. The highest BCUT2D eigenvalue weighted by Crippen LogP contribution is 2.29. The van der Waals surface area contributed by atoms with Crippen molar-refractivity contribution in [2.24, 2.45) is 0 Å².